The molecule has 0 aromatic carbocycles. The zero-order chi connectivity index (χ0) is 14.7. The summed E-state index contributed by atoms with van der Waals surface area (Å²) in [5, 5.41) is 6.32. The lowest BCUT2D eigenvalue weighted by Crippen LogP contribution is -2.60. The number of aromatic nitrogens is 1. The molecule has 4 heterocycles. The smallest absolute Gasteiger partial charge is 0.248 e. The number of amides is 1. The van der Waals surface area contributed by atoms with Crippen molar-refractivity contribution >= 4 is 23.1 Å². The largest absolute Gasteiger partial charge is 0.369 e. The molecule has 22 heavy (non-hydrogen) atoms. The van der Waals surface area contributed by atoms with Gasteiger partial charge in [0.1, 0.15) is 6.04 Å². The van der Waals surface area contributed by atoms with Crippen LogP contribution >= 0.6 is 0 Å². The SMILES string of the molecule is O=C1Nc2cc(N3CC4(CCC4)C3)cnc2N2CCNCC12. The molecule has 1 spiro atoms. The summed E-state index contributed by atoms with van der Waals surface area (Å²) in [5.74, 6) is 1.01. The van der Waals surface area contributed by atoms with Crippen molar-refractivity contribution < 1.29 is 4.79 Å². The van der Waals surface area contributed by atoms with E-state index in [-0.39, 0.29) is 11.9 Å². The highest BCUT2D eigenvalue weighted by Crippen LogP contribution is 2.49. The van der Waals surface area contributed by atoms with E-state index >= 15 is 0 Å². The van der Waals surface area contributed by atoms with Crippen LogP contribution in [0.3, 0.4) is 0 Å². The van der Waals surface area contributed by atoms with Crippen molar-refractivity contribution in [2.75, 3.05) is 47.8 Å². The van der Waals surface area contributed by atoms with Crippen molar-refractivity contribution in [1.82, 2.24) is 10.3 Å². The van der Waals surface area contributed by atoms with Crippen LogP contribution in [0, 0.1) is 5.41 Å². The topological polar surface area (TPSA) is 60.5 Å². The van der Waals surface area contributed by atoms with Gasteiger partial charge in [-0.15, -0.1) is 0 Å². The Kier molecular flexibility index (Phi) is 2.51. The lowest BCUT2D eigenvalue weighted by molar-refractivity contribution is -0.117. The molecule has 1 aromatic heterocycles. The summed E-state index contributed by atoms with van der Waals surface area (Å²) in [6.45, 7) is 4.74. The summed E-state index contributed by atoms with van der Waals surface area (Å²) in [4.78, 5) is 21.5. The van der Waals surface area contributed by atoms with E-state index in [9.17, 15) is 4.79 Å². The number of carbonyl (C=O) groups excluding carboxylic acids is 1. The number of nitrogens with one attached hydrogen (secondary N) is 2. The standard InChI is InChI=1S/C16H21N5O/c22-15-13-8-17-4-5-21(13)14-12(19-15)6-11(7-18-14)20-9-16(10-20)2-1-3-16/h6-7,13,17H,1-5,8-10H2,(H,19,22). The van der Waals surface area contributed by atoms with Crippen molar-refractivity contribution in [2.45, 2.75) is 25.3 Å². The van der Waals surface area contributed by atoms with Crippen LogP contribution in [-0.4, -0.2) is 49.7 Å². The predicted molar refractivity (Wildman–Crippen MR) is 85.4 cm³/mol. The number of anilines is 3. The van der Waals surface area contributed by atoms with Crippen LogP contribution < -0.4 is 20.4 Å². The Morgan fingerprint density at radius 1 is 1.32 bits per heavy atom. The van der Waals surface area contributed by atoms with Crippen LogP contribution in [-0.2, 0) is 4.79 Å². The van der Waals surface area contributed by atoms with E-state index in [1.54, 1.807) is 0 Å². The first kappa shape index (κ1) is 12.7. The highest BCUT2D eigenvalue weighted by Gasteiger charge is 2.47. The Hall–Kier alpha value is -1.82. The Labute approximate surface area is 129 Å². The minimum absolute atomic E-state index is 0.0812. The van der Waals surface area contributed by atoms with Crippen molar-refractivity contribution in [3.05, 3.63) is 12.3 Å². The summed E-state index contributed by atoms with van der Waals surface area (Å²) in [5.41, 5.74) is 2.61. The Bertz CT molecular complexity index is 633. The van der Waals surface area contributed by atoms with Crippen LogP contribution in [0.25, 0.3) is 0 Å². The monoisotopic (exact) mass is 299 g/mol. The first-order valence-electron chi connectivity index (χ1n) is 8.27. The number of hydrogen-bond donors (Lipinski definition) is 2. The fraction of sp³-hybridized carbons (Fsp3) is 0.625. The highest BCUT2D eigenvalue weighted by atomic mass is 16.2. The van der Waals surface area contributed by atoms with E-state index in [1.807, 2.05) is 6.20 Å². The van der Waals surface area contributed by atoms with E-state index in [0.717, 1.165) is 43.4 Å². The summed E-state index contributed by atoms with van der Waals surface area (Å²) in [6, 6.07) is 1.98. The molecule has 0 bridgehead atoms. The molecular weight excluding hydrogens is 278 g/mol. The van der Waals surface area contributed by atoms with Crippen molar-refractivity contribution in [3.8, 4) is 0 Å². The molecule has 6 heteroatoms. The van der Waals surface area contributed by atoms with Gasteiger partial charge in [-0.05, 0) is 18.9 Å². The summed E-state index contributed by atoms with van der Waals surface area (Å²) in [6.07, 6.45) is 6.11. The fourth-order valence-electron chi connectivity index (χ4n) is 4.29. The molecule has 3 aliphatic heterocycles. The van der Waals surface area contributed by atoms with Crippen molar-refractivity contribution in [3.63, 3.8) is 0 Å². The van der Waals surface area contributed by atoms with E-state index in [2.05, 4.69) is 31.5 Å². The van der Waals surface area contributed by atoms with Gasteiger partial charge in [0.2, 0.25) is 5.91 Å². The maximum atomic E-state index is 12.3. The summed E-state index contributed by atoms with van der Waals surface area (Å²) >= 11 is 0. The normalized spacial score (nSPS) is 28.4. The molecule has 2 N–H and O–H groups in total. The summed E-state index contributed by atoms with van der Waals surface area (Å²) in [7, 11) is 0. The van der Waals surface area contributed by atoms with Crippen molar-refractivity contribution in [1.29, 1.82) is 0 Å². The van der Waals surface area contributed by atoms with Crippen molar-refractivity contribution in [2.24, 2.45) is 5.41 Å². The van der Waals surface area contributed by atoms with Gasteiger partial charge in [-0.2, -0.15) is 0 Å². The third-order valence-corrected chi connectivity index (χ3v) is 5.76. The van der Waals surface area contributed by atoms with Gasteiger partial charge >= 0.3 is 0 Å². The first-order chi connectivity index (χ1) is 10.7. The lowest BCUT2D eigenvalue weighted by Gasteiger charge is -2.57. The predicted octanol–water partition coefficient (Wildman–Crippen LogP) is 0.802. The zero-order valence-corrected chi connectivity index (χ0v) is 12.6. The van der Waals surface area contributed by atoms with Gasteiger partial charge in [0.05, 0.1) is 17.6 Å². The molecule has 1 amide bonds. The molecule has 3 fully saturated rings. The Morgan fingerprint density at radius 2 is 2.18 bits per heavy atom. The minimum Gasteiger partial charge on any atom is -0.369 e. The third-order valence-electron chi connectivity index (χ3n) is 5.76. The molecule has 4 aliphatic rings. The zero-order valence-electron chi connectivity index (χ0n) is 12.6. The number of carbonyl (C=O) groups is 1. The third kappa shape index (κ3) is 1.70. The van der Waals surface area contributed by atoms with Gasteiger partial charge in [-0.3, -0.25) is 4.79 Å². The maximum absolute atomic E-state index is 12.3. The van der Waals surface area contributed by atoms with Crippen LogP contribution in [0.15, 0.2) is 12.3 Å². The fourth-order valence-corrected chi connectivity index (χ4v) is 4.29. The molecule has 1 unspecified atom stereocenters. The molecular formula is C16H21N5O. The molecule has 1 aliphatic carbocycles. The number of fused-ring (bicyclic) bond motifs is 3. The average molecular weight is 299 g/mol. The molecule has 116 valence electrons. The first-order valence-corrected chi connectivity index (χ1v) is 8.27. The maximum Gasteiger partial charge on any atom is 0.248 e. The molecule has 5 rings (SSSR count). The second kappa shape index (κ2) is 4.35. The van der Waals surface area contributed by atoms with E-state index in [0.29, 0.717) is 12.0 Å². The van der Waals surface area contributed by atoms with E-state index in [1.165, 1.54) is 19.3 Å². The van der Waals surface area contributed by atoms with E-state index < -0.39 is 0 Å². The highest BCUT2D eigenvalue weighted by molar-refractivity contribution is 6.03. The van der Waals surface area contributed by atoms with Gasteiger partial charge in [-0.1, -0.05) is 6.42 Å². The molecule has 1 atom stereocenters. The van der Waals surface area contributed by atoms with Crippen LogP contribution in [0.2, 0.25) is 0 Å². The number of piperazine rings is 1. The lowest BCUT2D eigenvalue weighted by atomic mass is 9.63. The molecule has 6 nitrogen and oxygen atoms in total. The van der Waals surface area contributed by atoms with Gasteiger partial charge in [0.25, 0.3) is 0 Å². The quantitative estimate of drug-likeness (QED) is 0.803. The average Bonchev–Trinajstić information content (AvgIpc) is 2.44. The number of hydrogen-bond acceptors (Lipinski definition) is 5. The van der Waals surface area contributed by atoms with Gasteiger partial charge in [-0.25, -0.2) is 4.98 Å². The number of nitrogens with zero attached hydrogens (tertiary/aromatic N) is 3. The molecule has 2 saturated heterocycles. The molecule has 1 aromatic rings. The minimum atomic E-state index is -0.123. The number of pyridine rings is 1. The second-order valence-electron chi connectivity index (χ2n) is 7.18. The Balaban J connectivity index is 1.42. The van der Waals surface area contributed by atoms with E-state index in [4.69, 9.17) is 0 Å². The van der Waals surface area contributed by atoms with Gasteiger partial charge < -0.3 is 20.4 Å². The number of rotatable bonds is 1. The van der Waals surface area contributed by atoms with Crippen LogP contribution in [0.1, 0.15) is 19.3 Å². The molecule has 0 radical (unpaired) electrons. The van der Waals surface area contributed by atoms with Crippen LogP contribution in [0.5, 0.6) is 0 Å². The van der Waals surface area contributed by atoms with Crippen LogP contribution in [0.4, 0.5) is 17.2 Å². The van der Waals surface area contributed by atoms with Gasteiger partial charge in [0.15, 0.2) is 5.82 Å². The Morgan fingerprint density at radius 3 is 2.95 bits per heavy atom. The second-order valence-corrected chi connectivity index (χ2v) is 7.18. The van der Waals surface area contributed by atoms with Gasteiger partial charge in [0, 0.05) is 38.1 Å². The molecule has 1 saturated carbocycles. The summed E-state index contributed by atoms with van der Waals surface area (Å²) < 4.78 is 0.